The van der Waals surface area contributed by atoms with E-state index in [9.17, 15) is 4.79 Å². The fraction of sp³-hybridized carbons (Fsp3) is 0.522. The van der Waals surface area contributed by atoms with Gasteiger partial charge in [0.1, 0.15) is 11.5 Å². The quantitative estimate of drug-likeness (QED) is 0.799. The predicted octanol–water partition coefficient (Wildman–Crippen LogP) is 3.16. The van der Waals surface area contributed by atoms with Gasteiger partial charge in [0.2, 0.25) is 0 Å². The molecule has 2 fully saturated rings. The van der Waals surface area contributed by atoms with Crippen molar-refractivity contribution < 1.29 is 4.79 Å². The van der Waals surface area contributed by atoms with E-state index in [1.54, 1.807) is 0 Å². The number of hydrogen-bond acceptors (Lipinski definition) is 5. The maximum absolute atomic E-state index is 13.3. The number of rotatable bonds is 4. The number of piperidine rings is 1. The minimum absolute atomic E-state index is 0.0320. The van der Waals surface area contributed by atoms with Gasteiger partial charge in [0.25, 0.3) is 5.91 Å². The van der Waals surface area contributed by atoms with Gasteiger partial charge >= 0.3 is 0 Å². The van der Waals surface area contributed by atoms with E-state index in [-0.39, 0.29) is 5.91 Å². The molecule has 3 heterocycles. The van der Waals surface area contributed by atoms with Crippen molar-refractivity contribution in [2.24, 2.45) is 5.92 Å². The van der Waals surface area contributed by atoms with Gasteiger partial charge in [-0.15, -0.1) is 0 Å². The highest BCUT2D eigenvalue weighted by Crippen LogP contribution is 2.24. The summed E-state index contributed by atoms with van der Waals surface area (Å²) < 4.78 is 0. The number of amides is 1. The van der Waals surface area contributed by atoms with Gasteiger partial charge in [-0.2, -0.15) is 0 Å². The zero-order valence-electron chi connectivity index (χ0n) is 17.5. The lowest BCUT2D eigenvalue weighted by Gasteiger charge is -2.35. The molecule has 1 aromatic carbocycles. The second-order valence-corrected chi connectivity index (χ2v) is 8.22. The molecule has 6 heteroatoms. The number of nitrogens with zero attached hydrogens (tertiary/aromatic N) is 5. The molecule has 29 heavy (non-hydrogen) atoms. The van der Waals surface area contributed by atoms with Crippen molar-refractivity contribution in [1.29, 1.82) is 0 Å². The van der Waals surface area contributed by atoms with Crippen LogP contribution in [0.4, 0.5) is 5.82 Å². The van der Waals surface area contributed by atoms with Gasteiger partial charge in [-0.3, -0.25) is 4.79 Å². The molecule has 6 nitrogen and oxygen atoms in total. The van der Waals surface area contributed by atoms with Crippen LogP contribution >= 0.6 is 0 Å². The topological polar surface area (TPSA) is 52.6 Å². The average molecular weight is 394 g/mol. The molecule has 0 aliphatic carbocycles. The van der Waals surface area contributed by atoms with Crippen LogP contribution in [0.5, 0.6) is 0 Å². The van der Waals surface area contributed by atoms with Crippen LogP contribution in [0.25, 0.3) is 11.4 Å². The average Bonchev–Trinajstić information content (AvgIpc) is 2.79. The van der Waals surface area contributed by atoms with E-state index in [1.807, 2.05) is 41.3 Å². The molecule has 0 bridgehead atoms. The molecule has 154 valence electrons. The molecule has 2 aliphatic rings. The number of benzene rings is 1. The minimum Gasteiger partial charge on any atom is -0.354 e. The van der Waals surface area contributed by atoms with E-state index in [4.69, 9.17) is 9.97 Å². The van der Waals surface area contributed by atoms with E-state index in [1.165, 1.54) is 6.42 Å². The van der Waals surface area contributed by atoms with Crippen LogP contribution in [0.15, 0.2) is 36.4 Å². The van der Waals surface area contributed by atoms with E-state index >= 15 is 0 Å². The number of piperazine rings is 1. The first-order chi connectivity index (χ1) is 14.1. The Hall–Kier alpha value is -2.47. The monoisotopic (exact) mass is 393 g/mol. The van der Waals surface area contributed by atoms with Crippen LogP contribution in [0, 0.1) is 5.92 Å². The molecule has 1 amide bonds. The Morgan fingerprint density at radius 3 is 2.52 bits per heavy atom. The fourth-order valence-electron chi connectivity index (χ4n) is 4.25. The maximum Gasteiger partial charge on any atom is 0.272 e. The molecule has 2 aromatic rings. The third-order valence-electron chi connectivity index (χ3n) is 6.05. The Bertz CT molecular complexity index is 832. The number of likely N-dealkylation sites (tertiary alicyclic amines) is 1. The van der Waals surface area contributed by atoms with Gasteiger partial charge in [-0.05, 0) is 25.3 Å². The lowest BCUT2D eigenvalue weighted by atomic mass is 10.00. The third-order valence-corrected chi connectivity index (χ3v) is 6.05. The molecule has 1 atom stereocenters. The van der Waals surface area contributed by atoms with Crippen molar-refractivity contribution >= 4 is 11.7 Å². The summed E-state index contributed by atoms with van der Waals surface area (Å²) in [5.41, 5.74) is 1.46. The normalized spacial score (nSPS) is 20.7. The van der Waals surface area contributed by atoms with Crippen LogP contribution in [-0.4, -0.2) is 71.5 Å². The van der Waals surface area contributed by atoms with Crippen molar-refractivity contribution in [3.63, 3.8) is 0 Å². The molecule has 1 unspecified atom stereocenters. The summed E-state index contributed by atoms with van der Waals surface area (Å²) in [6.45, 7) is 11.0. The van der Waals surface area contributed by atoms with Crippen molar-refractivity contribution in [3.05, 3.63) is 42.1 Å². The maximum atomic E-state index is 13.3. The second kappa shape index (κ2) is 8.91. The minimum atomic E-state index is 0.0320. The molecule has 0 N–H and O–H groups in total. The second-order valence-electron chi connectivity index (χ2n) is 8.22. The van der Waals surface area contributed by atoms with Gasteiger partial charge in [-0.1, -0.05) is 44.2 Å². The molecular weight excluding hydrogens is 362 g/mol. The summed E-state index contributed by atoms with van der Waals surface area (Å²) in [5, 5.41) is 0. The van der Waals surface area contributed by atoms with Crippen LogP contribution in [0.3, 0.4) is 0 Å². The van der Waals surface area contributed by atoms with Gasteiger partial charge in [0.05, 0.1) is 0 Å². The third kappa shape index (κ3) is 4.58. The van der Waals surface area contributed by atoms with Gasteiger partial charge < -0.3 is 14.7 Å². The molecule has 2 saturated heterocycles. The number of hydrogen-bond donors (Lipinski definition) is 0. The highest BCUT2D eigenvalue weighted by Gasteiger charge is 2.25. The lowest BCUT2D eigenvalue weighted by Crippen LogP contribution is -2.46. The van der Waals surface area contributed by atoms with Crippen molar-refractivity contribution in [3.8, 4) is 11.4 Å². The van der Waals surface area contributed by atoms with Crippen LogP contribution in [0.1, 0.15) is 37.2 Å². The SMILES string of the molecule is CCN1CCN(c2cc(C(=O)N3CCCC(C)C3)nc(-c3ccccc3)n2)CC1. The highest BCUT2D eigenvalue weighted by atomic mass is 16.2. The molecule has 2 aliphatic heterocycles. The van der Waals surface area contributed by atoms with E-state index in [2.05, 4.69) is 23.6 Å². The van der Waals surface area contributed by atoms with E-state index in [0.717, 1.165) is 63.6 Å². The van der Waals surface area contributed by atoms with Crippen molar-refractivity contribution in [2.75, 3.05) is 50.7 Å². The zero-order valence-corrected chi connectivity index (χ0v) is 17.5. The van der Waals surface area contributed by atoms with Crippen LogP contribution in [-0.2, 0) is 0 Å². The smallest absolute Gasteiger partial charge is 0.272 e. The number of carbonyl (C=O) groups is 1. The van der Waals surface area contributed by atoms with Gasteiger partial charge in [0.15, 0.2) is 5.82 Å². The Labute approximate surface area is 173 Å². The number of likely N-dealkylation sites (N-methyl/N-ethyl adjacent to an activating group) is 1. The van der Waals surface area contributed by atoms with Crippen LogP contribution in [0.2, 0.25) is 0 Å². The lowest BCUT2D eigenvalue weighted by molar-refractivity contribution is 0.0677. The summed E-state index contributed by atoms with van der Waals surface area (Å²) in [4.78, 5) is 29.5. The first kappa shape index (κ1) is 19.8. The number of aromatic nitrogens is 2. The van der Waals surface area contributed by atoms with Crippen LogP contribution < -0.4 is 4.90 Å². The Morgan fingerprint density at radius 2 is 1.83 bits per heavy atom. The molecular formula is C23H31N5O. The summed E-state index contributed by atoms with van der Waals surface area (Å²) in [5.74, 6) is 2.08. The highest BCUT2D eigenvalue weighted by molar-refractivity contribution is 5.93. The standard InChI is InChI=1S/C23H31N5O/c1-3-26-12-14-27(15-13-26)21-16-20(23(29)28-11-7-8-18(2)17-28)24-22(25-21)19-9-5-4-6-10-19/h4-6,9-10,16,18H,3,7-8,11-15,17H2,1-2H3. The Morgan fingerprint density at radius 1 is 1.07 bits per heavy atom. The van der Waals surface area contributed by atoms with Gasteiger partial charge in [0, 0.05) is 50.9 Å². The largest absolute Gasteiger partial charge is 0.354 e. The molecule has 0 radical (unpaired) electrons. The van der Waals surface area contributed by atoms with Crippen molar-refractivity contribution in [1.82, 2.24) is 19.8 Å². The molecule has 1 aromatic heterocycles. The van der Waals surface area contributed by atoms with Gasteiger partial charge in [-0.25, -0.2) is 9.97 Å². The predicted molar refractivity (Wildman–Crippen MR) is 116 cm³/mol. The molecule has 0 saturated carbocycles. The van der Waals surface area contributed by atoms with E-state index < -0.39 is 0 Å². The first-order valence-electron chi connectivity index (χ1n) is 10.8. The Balaban J connectivity index is 1.66. The number of carbonyl (C=O) groups excluding carboxylic acids is 1. The van der Waals surface area contributed by atoms with E-state index in [0.29, 0.717) is 17.4 Å². The summed E-state index contributed by atoms with van der Waals surface area (Å²) in [7, 11) is 0. The van der Waals surface area contributed by atoms with Crippen molar-refractivity contribution in [2.45, 2.75) is 26.7 Å². The first-order valence-corrected chi connectivity index (χ1v) is 10.8. The summed E-state index contributed by atoms with van der Waals surface area (Å²) in [6, 6.07) is 11.9. The Kier molecular flexibility index (Phi) is 6.09. The fourth-order valence-corrected chi connectivity index (χ4v) is 4.25. The summed E-state index contributed by atoms with van der Waals surface area (Å²) in [6.07, 6.45) is 2.26. The summed E-state index contributed by atoms with van der Waals surface area (Å²) >= 11 is 0. The molecule has 0 spiro atoms. The number of anilines is 1. The zero-order chi connectivity index (χ0) is 20.2. The molecule has 4 rings (SSSR count).